The second-order valence-electron chi connectivity index (χ2n) is 6.39. The Balaban J connectivity index is 1.91. The second kappa shape index (κ2) is 5.55. The van der Waals surface area contributed by atoms with E-state index in [4.69, 9.17) is 0 Å². The molecule has 0 aliphatic carbocycles. The van der Waals surface area contributed by atoms with Crippen LogP contribution >= 0.6 is 0 Å². The van der Waals surface area contributed by atoms with Gasteiger partial charge in [-0.3, -0.25) is 9.62 Å². The van der Waals surface area contributed by atoms with Crippen LogP contribution in [0.3, 0.4) is 0 Å². The molecule has 0 fully saturated rings. The third kappa shape index (κ3) is 3.25. The van der Waals surface area contributed by atoms with Gasteiger partial charge in [-0.25, -0.2) is 13.4 Å². The summed E-state index contributed by atoms with van der Waals surface area (Å²) in [6.45, 7) is 8.32. The highest BCUT2D eigenvalue weighted by Crippen LogP contribution is 2.24. The molecule has 1 aromatic carbocycles. The second-order valence-corrected chi connectivity index (χ2v) is 8.13. The Morgan fingerprint density at radius 3 is 2.77 bits per heavy atom. The molecular formula is C15H22N4O2S. The molecule has 0 bridgehead atoms. The van der Waals surface area contributed by atoms with Gasteiger partial charge in [0.1, 0.15) is 5.82 Å². The van der Waals surface area contributed by atoms with Gasteiger partial charge >= 0.3 is 0 Å². The molecule has 3 rings (SSSR count). The van der Waals surface area contributed by atoms with Crippen LogP contribution in [0.1, 0.15) is 19.7 Å². The molecule has 2 heterocycles. The van der Waals surface area contributed by atoms with Gasteiger partial charge in [0.2, 0.25) is 10.0 Å². The highest BCUT2D eigenvalue weighted by molar-refractivity contribution is 7.92. The lowest BCUT2D eigenvalue weighted by atomic mass is 10.2. The van der Waals surface area contributed by atoms with E-state index in [0.29, 0.717) is 11.6 Å². The SMILES string of the molecule is CC(C)CN1CCn2c(nc3cc(NS(C)(=O)=O)ccc32)C1. The Kier molecular flexibility index (Phi) is 3.86. The normalized spacial score (nSPS) is 16.2. The number of benzene rings is 1. The van der Waals surface area contributed by atoms with E-state index in [1.165, 1.54) is 0 Å². The molecule has 1 aliphatic heterocycles. The Bertz CT molecular complexity index is 795. The summed E-state index contributed by atoms with van der Waals surface area (Å²) >= 11 is 0. The van der Waals surface area contributed by atoms with Gasteiger partial charge in [-0.2, -0.15) is 0 Å². The van der Waals surface area contributed by atoms with Gasteiger partial charge in [0.25, 0.3) is 0 Å². The van der Waals surface area contributed by atoms with E-state index >= 15 is 0 Å². The minimum absolute atomic E-state index is 0.560. The molecule has 0 saturated carbocycles. The lowest BCUT2D eigenvalue weighted by molar-refractivity contribution is 0.197. The highest BCUT2D eigenvalue weighted by atomic mass is 32.2. The summed E-state index contributed by atoms with van der Waals surface area (Å²) in [6, 6.07) is 5.53. The molecule has 120 valence electrons. The van der Waals surface area contributed by atoms with E-state index in [-0.39, 0.29) is 0 Å². The summed E-state index contributed by atoms with van der Waals surface area (Å²) in [6.07, 6.45) is 1.15. The molecule has 0 saturated heterocycles. The first-order chi connectivity index (χ1) is 10.3. The first-order valence-electron chi connectivity index (χ1n) is 7.51. The Hall–Kier alpha value is -1.60. The summed E-state index contributed by atoms with van der Waals surface area (Å²) in [7, 11) is -3.26. The fourth-order valence-electron chi connectivity index (χ4n) is 3.02. The Labute approximate surface area is 131 Å². The van der Waals surface area contributed by atoms with E-state index in [1.54, 1.807) is 12.1 Å². The summed E-state index contributed by atoms with van der Waals surface area (Å²) in [5.41, 5.74) is 2.47. The summed E-state index contributed by atoms with van der Waals surface area (Å²) < 4.78 is 27.4. The third-order valence-electron chi connectivity index (χ3n) is 3.76. The van der Waals surface area contributed by atoms with E-state index in [9.17, 15) is 8.42 Å². The van der Waals surface area contributed by atoms with Crippen molar-refractivity contribution in [1.82, 2.24) is 14.5 Å². The number of aromatic nitrogens is 2. The quantitative estimate of drug-likeness (QED) is 0.933. The fourth-order valence-corrected chi connectivity index (χ4v) is 3.58. The first kappa shape index (κ1) is 15.3. The minimum atomic E-state index is -3.26. The lowest BCUT2D eigenvalue weighted by Crippen LogP contribution is -2.36. The predicted octanol–water partition coefficient (Wildman–Crippen LogP) is 1.88. The molecule has 0 radical (unpaired) electrons. The zero-order valence-corrected chi connectivity index (χ0v) is 14.0. The van der Waals surface area contributed by atoms with Gasteiger partial charge in [0.15, 0.2) is 0 Å². The number of hydrogen-bond donors (Lipinski definition) is 1. The maximum atomic E-state index is 11.3. The summed E-state index contributed by atoms with van der Waals surface area (Å²) in [4.78, 5) is 7.11. The molecule has 2 aromatic rings. The van der Waals surface area contributed by atoms with Crippen molar-refractivity contribution in [2.45, 2.75) is 26.9 Å². The Morgan fingerprint density at radius 2 is 2.09 bits per heavy atom. The predicted molar refractivity (Wildman–Crippen MR) is 88.3 cm³/mol. The molecule has 1 aliphatic rings. The van der Waals surface area contributed by atoms with Crippen molar-refractivity contribution in [3.05, 3.63) is 24.0 Å². The number of nitrogens with zero attached hydrogens (tertiary/aromatic N) is 3. The number of imidazole rings is 1. The van der Waals surface area contributed by atoms with Crippen LogP contribution in [0.2, 0.25) is 0 Å². The monoisotopic (exact) mass is 322 g/mol. The van der Waals surface area contributed by atoms with Gasteiger partial charge in [0, 0.05) is 19.6 Å². The van der Waals surface area contributed by atoms with Crippen LogP contribution < -0.4 is 4.72 Å². The molecule has 1 N–H and O–H groups in total. The van der Waals surface area contributed by atoms with Gasteiger partial charge in [-0.05, 0) is 24.1 Å². The van der Waals surface area contributed by atoms with Gasteiger partial charge in [-0.1, -0.05) is 13.8 Å². The van der Waals surface area contributed by atoms with Crippen molar-refractivity contribution < 1.29 is 8.42 Å². The number of fused-ring (bicyclic) bond motifs is 3. The molecule has 0 amide bonds. The molecular weight excluding hydrogens is 300 g/mol. The average Bonchev–Trinajstić information content (AvgIpc) is 2.72. The lowest BCUT2D eigenvalue weighted by Gasteiger charge is -2.29. The van der Waals surface area contributed by atoms with Gasteiger partial charge in [-0.15, -0.1) is 0 Å². The van der Waals surface area contributed by atoms with E-state index in [1.807, 2.05) is 6.07 Å². The van der Waals surface area contributed by atoms with Crippen molar-refractivity contribution in [2.24, 2.45) is 5.92 Å². The van der Waals surface area contributed by atoms with E-state index in [2.05, 4.69) is 33.0 Å². The average molecular weight is 322 g/mol. The zero-order chi connectivity index (χ0) is 15.9. The molecule has 0 unspecified atom stereocenters. The maximum absolute atomic E-state index is 11.3. The van der Waals surface area contributed by atoms with E-state index in [0.717, 1.165) is 49.3 Å². The fraction of sp³-hybridized carbons (Fsp3) is 0.533. The molecule has 0 atom stereocenters. The van der Waals surface area contributed by atoms with Crippen molar-refractivity contribution in [3.63, 3.8) is 0 Å². The highest BCUT2D eigenvalue weighted by Gasteiger charge is 2.20. The molecule has 1 aromatic heterocycles. The van der Waals surface area contributed by atoms with E-state index < -0.39 is 10.0 Å². The number of hydrogen-bond acceptors (Lipinski definition) is 4. The number of nitrogens with one attached hydrogen (secondary N) is 1. The number of anilines is 1. The van der Waals surface area contributed by atoms with Crippen LogP contribution in [0, 0.1) is 5.92 Å². The topological polar surface area (TPSA) is 67.2 Å². The molecule has 0 spiro atoms. The van der Waals surface area contributed by atoms with Crippen molar-refractivity contribution in [2.75, 3.05) is 24.1 Å². The first-order valence-corrected chi connectivity index (χ1v) is 9.40. The molecule has 6 nitrogen and oxygen atoms in total. The van der Waals surface area contributed by atoms with Gasteiger partial charge in [0.05, 0.1) is 29.5 Å². The van der Waals surface area contributed by atoms with Crippen LogP contribution in [-0.2, 0) is 23.1 Å². The number of sulfonamides is 1. The number of rotatable bonds is 4. The summed E-state index contributed by atoms with van der Waals surface area (Å²) in [5.74, 6) is 1.69. The Morgan fingerprint density at radius 1 is 1.32 bits per heavy atom. The van der Waals surface area contributed by atoms with Crippen LogP contribution in [0.25, 0.3) is 11.0 Å². The standard InChI is InChI=1S/C15H22N4O2S/c1-11(2)9-18-6-7-19-14-5-4-12(17-22(3,20)21)8-13(14)16-15(19)10-18/h4-5,8,11,17H,6-7,9-10H2,1-3H3. The smallest absolute Gasteiger partial charge is 0.229 e. The maximum Gasteiger partial charge on any atom is 0.229 e. The molecule has 7 heteroatoms. The van der Waals surface area contributed by atoms with Crippen LogP contribution in [-0.4, -0.2) is 42.2 Å². The van der Waals surface area contributed by atoms with Gasteiger partial charge < -0.3 is 4.57 Å². The van der Waals surface area contributed by atoms with Crippen LogP contribution in [0.5, 0.6) is 0 Å². The molecule has 22 heavy (non-hydrogen) atoms. The summed E-state index contributed by atoms with van der Waals surface area (Å²) in [5, 5.41) is 0. The van der Waals surface area contributed by atoms with Crippen molar-refractivity contribution >= 4 is 26.7 Å². The van der Waals surface area contributed by atoms with Crippen LogP contribution in [0.4, 0.5) is 5.69 Å². The zero-order valence-electron chi connectivity index (χ0n) is 13.2. The van der Waals surface area contributed by atoms with Crippen molar-refractivity contribution in [3.8, 4) is 0 Å². The minimum Gasteiger partial charge on any atom is -0.326 e. The third-order valence-corrected chi connectivity index (χ3v) is 4.37. The van der Waals surface area contributed by atoms with Crippen LogP contribution in [0.15, 0.2) is 18.2 Å². The van der Waals surface area contributed by atoms with Crippen molar-refractivity contribution in [1.29, 1.82) is 0 Å². The largest absolute Gasteiger partial charge is 0.326 e.